The Hall–Kier alpha value is -7.36. The van der Waals surface area contributed by atoms with Crippen LogP contribution in [-0.2, 0) is 5.41 Å². The van der Waals surface area contributed by atoms with Crippen LogP contribution in [0.25, 0.3) is 82.5 Å². The third kappa shape index (κ3) is 4.74. The Balaban J connectivity index is 1.08. The summed E-state index contributed by atoms with van der Waals surface area (Å²) in [5.74, 6) is 0. The Labute approximate surface area is 336 Å². The minimum atomic E-state index is -0.141. The van der Waals surface area contributed by atoms with Gasteiger partial charge in [0, 0.05) is 49.6 Å². The molecule has 0 amide bonds. The zero-order valence-corrected chi connectivity index (χ0v) is 32.3. The highest BCUT2D eigenvalue weighted by Gasteiger charge is 2.36. The number of benzene rings is 9. The van der Waals surface area contributed by atoms with E-state index < -0.39 is 0 Å². The molecular formula is C55H38N2O. The molecule has 3 nitrogen and oxygen atoms in total. The minimum Gasteiger partial charge on any atom is -0.456 e. The quantitative estimate of drug-likeness (QED) is 0.175. The summed E-state index contributed by atoms with van der Waals surface area (Å²) in [6.45, 7) is 4.71. The average molecular weight is 743 g/mol. The van der Waals surface area contributed by atoms with Gasteiger partial charge in [-0.05, 0) is 111 Å². The van der Waals surface area contributed by atoms with Crippen LogP contribution >= 0.6 is 0 Å². The van der Waals surface area contributed by atoms with E-state index in [4.69, 9.17) is 4.42 Å². The third-order valence-corrected chi connectivity index (χ3v) is 12.6. The van der Waals surface area contributed by atoms with Crippen LogP contribution in [0.4, 0.5) is 17.1 Å². The first-order chi connectivity index (χ1) is 28.5. The Kier molecular flexibility index (Phi) is 6.98. The molecule has 2 aromatic heterocycles. The Morgan fingerprint density at radius 2 is 1.03 bits per heavy atom. The second-order valence-electron chi connectivity index (χ2n) is 16.1. The average Bonchev–Trinajstić information content (AvgIpc) is 3.88. The molecule has 12 rings (SSSR count). The lowest BCUT2D eigenvalue weighted by molar-refractivity contribution is 0.660. The topological polar surface area (TPSA) is 21.3 Å². The van der Waals surface area contributed by atoms with E-state index in [1.54, 1.807) is 0 Å². The Morgan fingerprint density at radius 3 is 1.81 bits per heavy atom. The van der Waals surface area contributed by atoms with E-state index in [0.29, 0.717) is 0 Å². The van der Waals surface area contributed by atoms with Crippen LogP contribution in [0.15, 0.2) is 199 Å². The molecule has 0 fully saturated rings. The van der Waals surface area contributed by atoms with Crippen LogP contribution in [0.1, 0.15) is 25.0 Å². The molecule has 0 N–H and O–H groups in total. The van der Waals surface area contributed by atoms with Gasteiger partial charge in [-0.25, -0.2) is 0 Å². The maximum atomic E-state index is 6.59. The van der Waals surface area contributed by atoms with Crippen molar-refractivity contribution < 1.29 is 4.42 Å². The van der Waals surface area contributed by atoms with Crippen molar-refractivity contribution in [2.24, 2.45) is 0 Å². The molecule has 2 heterocycles. The van der Waals surface area contributed by atoms with Crippen molar-refractivity contribution in [2.75, 3.05) is 4.90 Å². The number of furan rings is 1. The molecular weight excluding hydrogens is 705 g/mol. The smallest absolute Gasteiger partial charge is 0.136 e. The molecule has 3 heteroatoms. The van der Waals surface area contributed by atoms with Crippen LogP contribution in [0.3, 0.4) is 0 Å². The summed E-state index contributed by atoms with van der Waals surface area (Å²) in [5, 5.41) is 7.14. The zero-order chi connectivity index (χ0) is 38.5. The van der Waals surface area contributed by atoms with Gasteiger partial charge in [0.1, 0.15) is 11.2 Å². The summed E-state index contributed by atoms with van der Waals surface area (Å²) in [6.07, 6.45) is 0. The highest BCUT2D eigenvalue weighted by Crippen LogP contribution is 2.52. The summed E-state index contributed by atoms with van der Waals surface area (Å²) in [6, 6.07) is 70.7. The number of aromatic nitrogens is 1. The summed E-state index contributed by atoms with van der Waals surface area (Å²) in [4.78, 5) is 2.45. The molecule has 0 aliphatic heterocycles. The fraction of sp³-hybridized carbons (Fsp3) is 0.0545. The van der Waals surface area contributed by atoms with Crippen molar-refractivity contribution in [1.29, 1.82) is 0 Å². The summed E-state index contributed by atoms with van der Waals surface area (Å²) >= 11 is 0. The monoisotopic (exact) mass is 742 g/mol. The second-order valence-corrected chi connectivity index (χ2v) is 16.1. The standard InChI is InChI=1S/C55H38N2O/c1-55(2)47-21-9-5-16-40(47)41-31-30-39(34-48(41)55)56(37-26-28-38(29-27-37)57-50-23-11-6-17-42(50)43-18-7-12-24-51(43)57)49-22-10-8-19-44(49)45-20-13-25-52-54(45)46-32-35-14-3-4-15-36(35)33-53(46)58-52/h3-34H,1-2H3. The number of hydrogen-bond donors (Lipinski definition) is 0. The van der Waals surface area contributed by atoms with Gasteiger partial charge in [0.15, 0.2) is 0 Å². The predicted molar refractivity (Wildman–Crippen MR) is 243 cm³/mol. The van der Waals surface area contributed by atoms with Gasteiger partial charge in [-0.2, -0.15) is 0 Å². The molecule has 0 atom stereocenters. The number of hydrogen-bond acceptors (Lipinski definition) is 2. The van der Waals surface area contributed by atoms with Crippen LogP contribution in [0.5, 0.6) is 0 Å². The van der Waals surface area contributed by atoms with Crippen LogP contribution < -0.4 is 4.90 Å². The molecule has 9 aromatic carbocycles. The second kappa shape index (κ2) is 12.3. The van der Waals surface area contributed by atoms with Crippen LogP contribution in [0.2, 0.25) is 0 Å². The van der Waals surface area contributed by atoms with Gasteiger partial charge < -0.3 is 13.9 Å². The van der Waals surface area contributed by atoms with Gasteiger partial charge >= 0.3 is 0 Å². The lowest BCUT2D eigenvalue weighted by atomic mass is 9.82. The van der Waals surface area contributed by atoms with E-state index >= 15 is 0 Å². The van der Waals surface area contributed by atoms with Crippen molar-refractivity contribution in [3.8, 4) is 27.9 Å². The van der Waals surface area contributed by atoms with E-state index in [1.807, 2.05) is 0 Å². The van der Waals surface area contributed by atoms with E-state index in [1.165, 1.54) is 54.8 Å². The number of nitrogens with zero attached hydrogens (tertiary/aromatic N) is 2. The predicted octanol–water partition coefficient (Wildman–Crippen LogP) is 15.3. The van der Waals surface area contributed by atoms with E-state index in [-0.39, 0.29) is 5.41 Å². The number of para-hydroxylation sites is 3. The largest absolute Gasteiger partial charge is 0.456 e. The van der Waals surface area contributed by atoms with Gasteiger partial charge in [0.25, 0.3) is 0 Å². The molecule has 0 saturated carbocycles. The molecule has 0 radical (unpaired) electrons. The molecule has 1 aliphatic carbocycles. The van der Waals surface area contributed by atoms with Gasteiger partial charge in [0.05, 0.1) is 16.7 Å². The van der Waals surface area contributed by atoms with Gasteiger partial charge in [-0.1, -0.05) is 135 Å². The van der Waals surface area contributed by atoms with Gasteiger partial charge in [-0.15, -0.1) is 0 Å². The fourth-order valence-corrected chi connectivity index (χ4v) is 9.84. The summed E-state index contributed by atoms with van der Waals surface area (Å²) in [5.41, 5.74) is 16.1. The molecule has 0 unspecified atom stereocenters. The van der Waals surface area contributed by atoms with E-state index in [9.17, 15) is 0 Å². The lowest BCUT2D eigenvalue weighted by Crippen LogP contribution is -2.17. The zero-order valence-electron chi connectivity index (χ0n) is 32.3. The summed E-state index contributed by atoms with van der Waals surface area (Å²) < 4.78 is 8.98. The van der Waals surface area contributed by atoms with Crippen LogP contribution in [0, 0.1) is 0 Å². The maximum Gasteiger partial charge on any atom is 0.136 e. The normalized spacial score (nSPS) is 13.1. The molecule has 0 saturated heterocycles. The Morgan fingerprint density at radius 1 is 0.431 bits per heavy atom. The van der Waals surface area contributed by atoms with Crippen molar-refractivity contribution in [1.82, 2.24) is 4.57 Å². The molecule has 274 valence electrons. The van der Waals surface area contributed by atoms with Gasteiger partial charge in [0.2, 0.25) is 0 Å². The number of rotatable bonds is 5. The molecule has 11 aromatic rings. The molecule has 58 heavy (non-hydrogen) atoms. The van der Waals surface area contributed by atoms with Crippen molar-refractivity contribution in [2.45, 2.75) is 19.3 Å². The lowest BCUT2D eigenvalue weighted by Gasteiger charge is -2.30. The number of fused-ring (bicyclic) bond motifs is 10. The Bertz CT molecular complexity index is 3380. The molecule has 1 aliphatic rings. The summed E-state index contributed by atoms with van der Waals surface area (Å²) in [7, 11) is 0. The fourth-order valence-electron chi connectivity index (χ4n) is 9.84. The maximum absolute atomic E-state index is 6.59. The van der Waals surface area contributed by atoms with E-state index in [0.717, 1.165) is 55.8 Å². The minimum absolute atomic E-state index is 0.141. The first-order valence-electron chi connectivity index (χ1n) is 20.1. The van der Waals surface area contributed by atoms with Crippen molar-refractivity contribution >= 4 is 71.6 Å². The first-order valence-corrected chi connectivity index (χ1v) is 20.1. The van der Waals surface area contributed by atoms with Crippen molar-refractivity contribution in [3.05, 3.63) is 205 Å². The third-order valence-electron chi connectivity index (χ3n) is 12.6. The van der Waals surface area contributed by atoms with E-state index in [2.05, 4.69) is 217 Å². The molecule has 0 spiro atoms. The van der Waals surface area contributed by atoms with Crippen molar-refractivity contribution in [3.63, 3.8) is 0 Å². The number of anilines is 3. The van der Waals surface area contributed by atoms with Crippen LogP contribution in [-0.4, -0.2) is 4.57 Å². The van der Waals surface area contributed by atoms with Gasteiger partial charge in [-0.3, -0.25) is 0 Å². The SMILES string of the molecule is CC1(C)c2ccccc2-c2ccc(N(c3ccc(-n4c5ccccc5c5ccccc54)cc3)c3ccccc3-c3cccc4oc5cc6ccccc6cc5c34)cc21. The highest BCUT2D eigenvalue weighted by molar-refractivity contribution is 6.17. The highest BCUT2D eigenvalue weighted by atomic mass is 16.3. The molecule has 0 bridgehead atoms. The first kappa shape index (κ1) is 32.8.